The van der Waals surface area contributed by atoms with Crippen LogP contribution in [0.3, 0.4) is 0 Å². The van der Waals surface area contributed by atoms with Gasteiger partial charge in [0.2, 0.25) is 0 Å². The number of carbonyl (C=O) groups is 1. The Hall–Kier alpha value is -3.85. The lowest BCUT2D eigenvalue weighted by atomic mass is 10.1. The average Bonchev–Trinajstić information content (AvgIpc) is 3.26. The number of hydrogen-bond acceptors (Lipinski definition) is 8. The molecule has 0 saturated carbocycles. The van der Waals surface area contributed by atoms with Crippen molar-refractivity contribution >= 4 is 28.4 Å². The van der Waals surface area contributed by atoms with Crippen LogP contribution in [0, 0.1) is 0 Å². The Bertz CT molecular complexity index is 1190. The largest absolute Gasteiger partial charge is 0.442 e. The van der Waals surface area contributed by atoms with Crippen LogP contribution in [0.2, 0.25) is 0 Å². The molecular formula is C20H17N7O2. The van der Waals surface area contributed by atoms with Gasteiger partial charge in [0.15, 0.2) is 12.2 Å². The summed E-state index contributed by atoms with van der Waals surface area (Å²) in [6.07, 6.45) is 6.25. The monoisotopic (exact) mass is 387 g/mol. The van der Waals surface area contributed by atoms with Crippen molar-refractivity contribution in [1.82, 2.24) is 19.9 Å². The van der Waals surface area contributed by atoms with Crippen LogP contribution in [0.1, 0.15) is 10.4 Å². The van der Waals surface area contributed by atoms with Crippen molar-refractivity contribution in [3.63, 3.8) is 0 Å². The van der Waals surface area contributed by atoms with Crippen LogP contribution in [-0.2, 0) is 0 Å². The van der Waals surface area contributed by atoms with E-state index in [0.29, 0.717) is 28.4 Å². The molecule has 1 aliphatic heterocycles. The van der Waals surface area contributed by atoms with Crippen LogP contribution in [0.5, 0.6) is 0 Å². The van der Waals surface area contributed by atoms with Crippen molar-refractivity contribution < 1.29 is 9.21 Å². The summed E-state index contributed by atoms with van der Waals surface area (Å²) in [5, 5.41) is 3.67. The highest BCUT2D eigenvalue weighted by atomic mass is 16.3. The topological polar surface area (TPSA) is 123 Å². The van der Waals surface area contributed by atoms with E-state index in [1.54, 1.807) is 36.8 Å². The van der Waals surface area contributed by atoms with Crippen LogP contribution >= 0.6 is 0 Å². The van der Waals surface area contributed by atoms with Gasteiger partial charge in [-0.05, 0) is 24.3 Å². The SMILES string of the molecule is NC1CN(c2cc(C(=O)Nc3cc4nc(-c5cnco5)ccc4cn3)ccn2)C1. The predicted molar refractivity (Wildman–Crippen MR) is 107 cm³/mol. The summed E-state index contributed by atoms with van der Waals surface area (Å²) in [5.74, 6) is 1.46. The normalized spacial score (nSPS) is 14.0. The van der Waals surface area contributed by atoms with Crippen molar-refractivity contribution in [3.8, 4) is 11.5 Å². The number of amides is 1. The van der Waals surface area contributed by atoms with Gasteiger partial charge in [-0.3, -0.25) is 4.79 Å². The number of oxazole rings is 1. The van der Waals surface area contributed by atoms with Gasteiger partial charge in [-0.15, -0.1) is 0 Å². The third-order valence-electron chi connectivity index (χ3n) is 4.74. The predicted octanol–water partition coefficient (Wildman–Crippen LogP) is 2.08. The van der Waals surface area contributed by atoms with Crippen LogP contribution in [0.25, 0.3) is 22.4 Å². The Morgan fingerprint density at radius 3 is 2.86 bits per heavy atom. The standard InChI is InChI=1S/C20H17N7O2/c21-14-9-27(10-14)19-5-12(3-4-23-19)20(28)26-18-6-16-13(7-24-18)1-2-15(25-16)17-8-22-11-29-17/h1-8,11,14H,9-10,21H2,(H,24,26,28). The Labute approximate surface area is 165 Å². The number of nitrogens with two attached hydrogens (primary N) is 1. The van der Waals surface area contributed by atoms with Crippen molar-refractivity contribution in [2.75, 3.05) is 23.3 Å². The van der Waals surface area contributed by atoms with Gasteiger partial charge in [-0.25, -0.2) is 19.9 Å². The van der Waals surface area contributed by atoms with Gasteiger partial charge in [0.05, 0.1) is 11.7 Å². The molecule has 1 fully saturated rings. The Morgan fingerprint density at radius 1 is 1.17 bits per heavy atom. The second-order valence-corrected chi connectivity index (χ2v) is 6.85. The van der Waals surface area contributed by atoms with Crippen LogP contribution in [0.4, 0.5) is 11.6 Å². The molecular weight excluding hydrogens is 370 g/mol. The van der Waals surface area contributed by atoms with Gasteiger partial charge in [0.25, 0.3) is 5.91 Å². The van der Waals surface area contributed by atoms with Crippen molar-refractivity contribution in [1.29, 1.82) is 0 Å². The average molecular weight is 387 g/mol. The fraction of sp³-hybridized carbons (Fsp3) is 0.150. The second-order valence-electron chi connectivity index (χ2n) is 6.85. The molecule has 4 aromatic heterocycles. The summed E-state index contributed by atoms with van der Waals surface area (Å²) in [7, 11) is 0. The summed E-state index contributed by atoms with van der Waals surface area (Å²) in [6, 6.07) is 9.03. The Morgan fingerprint density at radius 2 is 2.07 bits per heavy atom. The van der Waals surface area contributed by atoms with Crippen molar-refractivity contribution in [2.24, 2.45) is 5.73 Å². The zero-order valence-corrected chi connectivity index (χ0v) is 15.3. The van der Waals surface area contributed by atoms with Gasteiger partial charge >= 0.3 is 0 Å². The Balaban J connectivity index is 1.38. The van der Waals surface area contributed by atoms with E-state index in [1.807, 2.05) is 17.0 Å². The van der Waals surface area contributed by atoms with Crippen molar-refractivity contribution in [2.45, 2.75) is 6.04 Å². The molecule has 1 saturated heterocycles. The lowest BCUT2D eigenvalue weighted by molar-refractivity contribution is 0.102. The van der Waals surface area contributed by atoms with Crippen molar-refractivity contribution in [3.05, 3.63) is 60.9 Å². The van der Waals surface area contributed by atoms with E-state index in [-0.39, 0.29) is 11.9 Å². The zero-order valence-electron chi connectivity index (χ0n) is 15.3. The fourth-order valence-corrected chi connectivity index (χ4v) is 3.18. The lowest BCUT2D eigenvalue weighted by Gasteiger charge is -2.37. The van der Waals surface area contributed by atoms with E-state index in [2.05, 4.69) is 25.3 Å². The molecule has 0 aliphatic carbocycles. The highest BCUT2D eigenvalue weighted by molar-refractivity contribution is 6.04. The number of aromatic nitrogens is 4. The minimum atomic E-state index is -0.267. The number of rotatable bonds is 4. The maximum atomic E-state index is 12.7. The first-order valence-electron chi connectivity index (χ1n) is 9.09. The van der Waals surface area contributed by atoms with E-state index in [0.717, 1.165) is 24.3 Å². The molecule has 5 rings (SSSR count). The van der Waals surface area contributed by atoms with Crippen LogP contribution in [-0.4, -0.2) is 45.0 Å². The third-order valence-corrected chi connectivity index (χ3v) is 4.74. The number of nitrogens with zero attached hydrogens (tertiary/aromatic N) is 5. The molecule has 0 bridgehead atoms. The molecule has 29 heavy (non-hydrogen) atoms. The maximum absolute atomic E-state index is 12.7. The molecule has 1 amide bonds. The second kappa shape index (κ2) is 6.95. The molecule has 4 aromatic rings. The van der Waals surface area contributed by atoms with Gasteiger partial charge in [-0.2, -0.15) is 0 Å². The number of pyridine rings is 3. The smallest absolute Gasteiger partial charge is 0.257 e. The molecule has 9 heteroatoms. The molecule has 0 unspecified atom stereocenters. The van der Waals surface area contributed by atoms with E-state index in [1.165, 1.54) is 6.39 Å². The zero-order chi connectivity index (χ0) is 19.8. The first-order chi connectivity index (χ1) is 14.2. The quantitative estimate of drug-likeness (QED) is 0.546. The first-order valence-corrected chi connectivity index (χ1v) is 9.09. The number of anilines is 2. The summed E-state index contributed by atoms with van der Waals surface area (Å²) in [5.41, 5.74) is 7.67. The van der Waals surface area contributed by atoms with E-state index >= 15 is 0 Å². The summed E-state index contributed by atoms with van der Waals surface area (Å²) < 4.78 is 5.30. The molecule has 0 aromatic carbocycles. The molecule has 0 spiro atoms. The third kappa shape index (κ3) is 3.39. The number of hydrogen-bond donors (Lipinski definition) is 2. The summed E-state index contributed by atoms with van der Waals surface area (Å²) >= 11 is 0. The minimum Gasteiger partial charge on any atom is -0.442 e. The number of carbonyl (C=O) groups excluding carboxylic acids is 1. The molecule has 144 valence electrons. The molecule has 1 aliphatic rings. The van der Waals surface area contributed by atoms with E-state index in [4.69, 9.17) is 10.2 Å². The van der Waals surface area contributed by atoms with Gasteiger partial charge in [0, 0.05) is 48.5 Å². The molecule has 0 radical (unpaired) electrons. The maximum Gasteiger partial charge on any atom is 0.257 e. The first kappa shape index (κ1) is 17.3. The van der Waals surface area contributed by atoms with E-state index < -0.39 is 0 Å². The van der Waals surface area contributed by atoms with Gasteiger partial charge in [0.1, 0.15) is 17.3 Å². The molecule has 3 N–H and O–H groups in total. The lowest BCUT2D eigenvalue weighted by Crippen LogP contribution is -2.56. The number of fused-ring (bicyclic) bond motifs is 1. The molecule has 5 heterocycles. The fourth-order valence-electron chi connectivity index (χ4n) is 3.18. The summed E-state index contributed by atoms with van der Waals surface area (Å²) in [4.78, 5) is 31.8. The summed E-state index contributed by atoms with van der Waals surface area (Å²) in [6.45, 7) is 1.48. The number of nitrogens with one attached hydrogen (secondary N) is 1. The van der Waals surface area contributed by atoms with Gasteiger partial charge < -0.3 is 20.4 Å². The molecule has 9 nitrogen and oxygen atoms in total. The highest BCUT2D eigenvalue weighted by Gasteiger charge is 2.24. The Kier molecular flexibility index (Phi) is 4.14. The van der Waals surface area contributed by atoms with Gasteiger partial charge in [-0.1, -0.05) is 0 Å². The van der Waals surface area contributed by atoms with Crippen LogP contribution < -0.4 is 16.0 Å². The highest BCUT2D eigenvalue weighted by Crippen LogP contribution is 2.22. The van der Waals surface area contributed by atoms with E-state index in [9.17, 15) is 4.79 Å². The van der Waals surface area contributed by atoms with Crippen LogP contribution in [0.15, 0.2) is 59.7 Å². The molecule has 0 atom stereocenters. The minimum absolute atomic E-state index is 0.158.